The average molecular weight is 773 g/mol. The van der Waals surface area contributed by atoms with Crippen molar-refractivity contribution in [1.82, 2.24) is 0 Å². The van der Waals surface area contributed by atoms with E-state index in [-0.39, 0.29) is 11.1 Å². The predicted molar refractivity (Wildman–Crippen MR) is 173 cm³/mol. The lowest BCUT2D eigenvalue weighted by Crippen LogP contribution is -2.64. The Kier molecular flexibility index (Phi) is 11.5. The quantitative estimate of drug-likeness (QED) is 0.0925. The number of hydrogen-bond donors (Lipinski definition) is 13. The van der Waals surface area contributed by atoms with E-state index in [0.29, 0.717) is 0 Å². The number of aromatic hydroxyl groups is 4. The number of aliphatic hydroxyl groups is 9. The van der Waals surface area contributed by atoms with Gasteiger partial charge in [0.15, 0.2) is 29.8 Å². The highest BCUT2D eigenvalue weighted by molar-refractivity contribution is 5.88. The van der Waals surface area contributed by atoms with E-state index in [0.717, 1.165) is 24.3 Å². The zero-order chi connectivity index (χ0) is 39.3. The Labute approximate surface area is 303 Å². The van der Waals surface area contributed by atoms with E-state index in [1.54, 1.807) is 0 Å². The lowest BCUT2D eigenvalue weighted by molar-refractivity contribution is -0.359. The van der Waals surface area contributed by atoms with Crippen LogP contribution in [0.3, 0.4) is 0 Å². The molecule has 0 radical (unpaired) electrons. The highest BCUT2D eigenvalue weighted by Gasteiger charge is 2.51. The molecular weight excluding hydrogens is 732 g/mol. The molecule has 3 aromatic rings. The molecule has 54 heavy (non-hydrogen) atoms. The molecule has 0 unspecified atom stereocenters. The summed E-state index contributed by atoms with van der Waals surface area (Å²) in [6, 6.07) is 5.12. The Balaban J connectivity index is 1.19. The van der Waals surface area contributed by atoms with Gasteiger partial charge < -0.3 is 99.2 Å². The summed E-state index contributed by atoms with van der Waals surface area (Å²) in [4.78, 5) is 13.7. The Hall–Kier alpha value is -3.91. The molecule has 0 spiro atoms. The van der Waals surface area contributed by atoms with Crippen LogP contribution in [0.5, 0.6) is 28.7 Å². The molecule has 13 N–H and O–H groups in total. The van der Waals surface area contributed by atoms with Gasteiger partial charge in [0.2, 0.25) is 17.5 Å². The summed E-state index contributed by atoms with van der Waals surface area (Å²) in [5.41, 5.74) is -1.47. The minimum atomic E-state index is -2.04. The average Bonchev–Trinajstić information content (AvgIpc) is 3.13. The minimum absolute atomic E-state index is 0.0714. The van der Waals surface area contributed by atoms with Gasteiger partial charge in [0.1, 0.15) is 89.6 Å². The fraction of sp³-hybridized carbons (Fsp3) is 0.545. The van der Waals surface area contributed by atoms with Crippen LogP contribution in [0.4, 0.5) is 0 Å². The molecule has 4 heterocycles. The zero-order valence-electron chi connectivity index (χ0n) is 28.0. The maximum Gasteiger partial charge on any atom is 0.239 e. The van der Waals surface area contributed by atoms with Crippen LogP contribution in [-0.4, -0.2) is 172 Å². The van der Waals surface area contributed by atoms with E-state index in [1.165, 1.54) is 13.0 Å². The summed E-state index contributed by atoms with van der Waals surface area (Å²) < 4.78 is 39.3. The van der Waals surface area contributed by atoms with E-state index < -0.39 is 151 Å². The second-order valence-corrected chi connectivity index (χ2v) is 13.1. The fourth-order valence-corrected chi connectivity index (χ4v) is 6.35. The summed E-state index contributed by atoms with van der Waals surface area (Å²) in [7, 11) is 0. The van der Waals surface area contributed by atoms with Crippen LogP contribution >= 0.6 is 0 Å². The monoisotopic (exact) mass is 772 g/mol. The van der Waals surface area contributed by atoms with Crippen LogP contribution in [0.2, 0.25) is 0 Å². The number of phenolic OH excluding ortho intramolecular Hbond substituents is 4. The summed E-state index contributed by atoms with van der Waals surface area (Å²) in [6.07, 6.45) is -25.6. The summed E-state index contributed by atoms with van der Waals surface area (Å²) in [5, 5.41) is 134. The normalized spacial score (nSPS) is 37.3. The van der Waals surface area contributed by atoms with E-state index >= 15 is 0 Å². The number of aliphatic hydroxyl groups excluding tert-OH is 9. The van der Waals surface area contributed by atoms with Crippen LogP contribution in [-0.2, 0) is 23.7 Å². The molecule has 21 nitrogen and oxygen atoms in total. The maximum atomic E-state index is 13.7. The number of phenols is 4. The van der Waals surface area contributed by atoms with Crippen LogP contribution in [0.25, 0.3) is 22.3 Å². The van der Waals surface area contributed by atoms with Crippen molar-refractivity contribution in [3.8, 4) is 40.1 Å². The van der Waals surface area contributed by atoms with Gasteiger partial charge in [-0.1, -0.05) is 0 Å². The van der Waals surface area contributed by atoms with Gasteiger partial charge in [0.05, 0.1) is 19.3 Å². The Morgan fingerprint density at radius 3 is 1.96 bits per heavy atom. The number of rotatable bonds is 9. The van der Waals surface area contributed by atoms with E-state index in [4.69, 9.17) is 32.8 Å². The number of fused-ring (bicyclic) bond motifs is 1. The SMILES string of the molecule is C[C@@H]1O[C@@H](OC[C@H]2O[C@@H](Oc3c(-c4ccc(O)c(O)c4)oc4cc(O)cc(O)c4c3=O)[C@H](O)[C@@H](O)[C@@H]2O)[C@H](O)[C@H](O)[C@H]1O[C@H]1O[C@H](CO)[C@@H](O)[C@H](O)[C@H]1O. The van der Waals surface area contributed by atoms with E-state index in [9.17, 15) is 71.2 Å². The molecular formula is C33H40O21. The molecule has 3 aliphatic rings. The number of benzene rings is 2. The zero-order valence-corrected chi connectivity index (χ0v) is 28.0. The third-order valence-corrected chi connectivity index (χ3v) is 9.40. The van der Waals surface area contributed by atoms with E-state index in [2.05, 4.69) is 0 Å². The highest BCUT2D eigenvalue weighted by atomic mass is 16.8. The Bertz CT molecular complexity index is 1850. The summed E-state index contributed by atoms with van der Waals surface area (Å²) in [6.45, 7) is -0.0742. The first-order valence-corrected chi connectivity index (χ1v) is 16.5. The molecule has 21 heteroatoms. The van der Waals surface area contributed by atoms with Gasteiger partial charge in [0, 0.05) is 17.7 Å². The molecule has 0 bridgehead atoms. The summed E-state index contributed by atoms with van der Waals surface area (Å²) >= 11 is 0. The second-order valence-electron chi connectivity index (χ2n) is 13.1. The first kappa shape index (κ1) is 39.8. The molecule has 15 atom stereocenters. The smallest absolute Gasteiger partial charge is 0.239 e. The van der Waals surface area contributed by atoms with Crippen LogP contribution in [0.1, 0.15) is 6.92 Å². The van der Waals surface area contributed by atoms with Crippen LogP contribution in [0, 0.1) is 0 Å². The first-order valence-electron chi connectivity index (χ1n) is 16.5. The van der Waals surface area contributed by atoms with Gasteiger partial charge in [0.25, 0.3) is 0 Å². The lowest BCUT2D eigenvalue weighted by atomic mass is 9.97. The topological polar surface area (TPSA) is 349 Å². The highest BCUT2D eigenvalue weighted by Crippen LogP contribution is 2.40. The largest absolute Gasteiger partial charge is 0.508 e. The van der Waals surface area contributed by atoms with Gasteiger partial charge in [-0.05, 0) is 25.1 Å². The second kappa shape index (κ2) is 15.7. The Morgan fingerprint density at radius 2 is 1.30 bits per heavy atom. The van der Waals surface area contributed by atoms with Crippen molar-refractivity contribution in [2.75, 3.05) is 13.2 Å². The molecule has 0 aliphatic carbocycles. The van der Waals surface area contributed by atoms with Crippen molar-refractivity contribution in [3.05, 3.63) is 40.6 Å². The van der Waals surface area contributed by atoms with Crippen molar-refractivity contribution in [2.24, 2.45) is 0 Å². The Morgan fingerprint density at radius 1 is 0.667 bits per heavy atom. The number of hydrogen-bond acceptors (Lipinski definition) is 21. The first-order chi connectivity index (χ1) is 25.5. The maximum absolute atomic E-state index is 13.7. The third kappa shape index (κ3) is 7.39. The van der Waals surface area contributed by atoms with Crippen molar-refractivity contribution in [2.45, 2.75) is 99.0 Å². The lowest BCUT2D eigenvalue weighted by Gasteiger charge is -2.46. The van der Waals surface area contributed by atoms with Gasteiger partial charge in [-0.15, -0.1) is 0 Å². The molecule has 0 saturated carbocycles. The predicted octanol–water partition coefficient (Wildman–Crippen LogP) is -3.86. The molecule has 6 rings (SSSR count). The fourth-order valence-electron chi connectivity index (χ4n) is 6.35. The molecule has 1 aromatic heterocycles. The van der Waals surface area contributed by atoms with Gasteiger partial charge >= 0.3 is 0 Å². The standard InChI is InChI=1S/C33H40O21/c1-9-28(53-32-25(45)22(42)19(39)16(7-34)51-32)24(44)27(47)31(49-9)48-8-17-20(40)23(43)26(46)33(52-17)54-30-21(41)18-14(38)5-11(35)6-15(18)50-29(30)10-2-3-12(36)13(37)4-10/h2-6,9,16-17,19-20,22-28,31-40,42-47H,7-8H2,1H3/t9-,16+,17+,19+,20+,22-,23-,24-,25+,26+,27+,28-,31+,32+,33-/m0/s1. The summed E-state index contributed by atoms with van der Waals surface area (Å²) in [5.74, 6) is -3.56. The van der Waals surface area contributed by atoms with Crippen molar-refractivity contribution in [3.63, 3.8) is 0 Å². The molecule has 0 amide bonds. The van der Waals surface area contributed by atoms with Crippen LogP contribution in [0.15, 0.2) is 39.5 Å². The van der Waals surface area contributed by atoms with Crippen molar-refractivity contribution >= 4 is 11.0 Å². The minimum Gasteiger partial charge on any atom is -0.508 e. The molecule has 3 saturated heterocycles. The van der Waals surface area contributed by atoms with Gasteiger partial charge in [-0.2, -0.15) is 0 Å². The van der Waals surface area contributed by atoms with E-state index in [1.807, 2.05) is 0 Å². The molecule has 3 fully saturated rings. The van der Waals surface area contributed by atoms with Gasteiger partial charge in [-0.3, -0.25) is 4.79 Å². The number of ether oxygens (including phenoxy) is 6. The molecule has 298 valence electrons. The van der Waals surface area contributed by atoms with Crippen LogP contribution < -0.4 is 10.2 Å². The third-order valence-electron chi connectivity index (χ3n) is 9.40. The molecule has 2 aromatic carbocycles. The van der Waals surface area contributed by atoms with Crippen molar-refractivity contribution in [1.29, 1.82) is 0 Å². The van der Waals surface area contributed by atoms with Crippen molar-refractivity contribution < 1.29 is 99.2 Å². The molecule has 3 aliphatic heterocycles. The van der Waals surface area contributed by atoms with Gasteiger partial charge in [-0.25, -0.2) is 0 Å².